The van der Waals surface area contributed by atoms with Gasteiger partial charge in [0.15, 0.2) is 11.5 Å². The summed E-state index contributed by atoms with van der Waals surface area (Å²) in [6.07, 6.45) is 6.38. The van der Waals surface area contributed by atoms with Gasteiger partial charge >= 0.3 is 5.69 Å². The number of carbonyl (C=O) groups is 1. The second kappa shape index (κ2) is 7.93. The van der Waals surface area contributed by atoms with Crippen molar-refractivity contribution < 1.29 is 4.79 Å². The van der Waals surface area contributed by atoms with E-state index in [9.17, 15) is 9.59 Å². The van der Waals surface area contributed by atoms with Crippen molar-refractivity contribution in [2.24, 2.45) is 0 Å². The highest BCUT2D eigenvalue weighted by molar-refractivity contribution is 7.19. The maximum atomic E-state index is 13.5. The summed E-state index contributed by atoms with van der Waals surface area (Å²) in [5.74, 6) is 0.230. The first-order valence-corrected chi connectivity index (χ1v) is 11.7. The van der Waals surface area contributed by atoms with Gasteiger partial charge < -0.3 is 5.32 Å². The Morgan fingerprint density at radius 2 is 2.00 bits per heavy atom. The average molecular weight is 457 g/mol. The standard InChI is InChI=1S/C24H20N6O2S/c31-19(26-12-15-6-2-1-3-7-15)14-29-23-20(17-9-4-10-18(17)33-23)22-27-21(28-30(22)24(29)32)16-8-5-11-25-13-16/h1-3,5-8,11,13H,4,9-10,12,14H2,(H,26,31). The molecule has 4 aromatic heterocycles. The smallest absolute Gasteiger partial charge is 0.350 e. The highest BCUT2D eigenvalue weighted by Gasteiger charge is 2.26. The molecule has 1 aliphatic carbocycles. The number of aromatic nitrogens is 5. The van der Waals surface area contributed by atoms with Gasteiger partial charge in [0, 0.05) is 29.4 Å². The lowest BCUT2D eigenvalue weighted by Gasteiger charge is -2.10. The van der Waals surface area contributed by atoms with Crippen LogP contribution in [0.5, 0.6) is 0 Å². The van der Waals surface area contributed by atoms with Crippen LogP contribution in [-0.4, -0.2) is 30.1 Å². The van der Waals surface area contributed by atoms with Gasteiger partial charge in [0.2, 0.25) is 5.91 Å². The second-order valence-electron chi connectivity index (χ2n) is 8.08. The SMILES string of the molecule is O=C(Cn1c(=O)n2nc(-c3cccnc3)nc2c2c3c(sc21)CCC3)NCc1ccccc1. The molecule has 0 unspecified atom stereocenters. The van der Waals surface area contributed by atoms with Gasteiger partial charge in [-0.3, -0.25) is 14.3 Å². The van der Waals surface area contributed by atoms with E-state index in [-0.39, 0.29) is 18.1 Å². The summed E-state index contributed by atoms with van der Waals surface area (Å²) in [6, 6.07) is 13.4. The lowest BCUT2D eigenvalue weighted by molar-refractivity contribution is -0.121. The molecule has 6 rings (SSSR count). The van der Waals surface area contributed by atoms with Crippen LogP contribution < -0.4 is 11.0 Å². The van der Waals surface area contributed by atoms with Crippen LogP contribution >= 0.6 is 11.3 Å². The summed E-state index contributed by atoms with van der Waals surface area (Å²) in [5, 5.41) is 8.36. The summed E-state index contributed by atoms with van der Waals surface area (Å²) < 4.78 is 2.87. The molecule has 0 radical (unpaired) electrons. The van der Waals surface area contributed by atoms with Gasteiger partial charge in [-0.25, -0.2) is 9.78 Å². The number of hydrogen-bond acceptors (Lipinski definition) is 6. The van der Waals surface area contributed by atoms with E-state index in [2.05, 4.69) is 15.4 Å². The zero-order valence-electron chi connectivity index (χ0n) is 17.7. The molecule has 1 aromatic carbocycles. The minimum absolute atomic E-state index is 0.0699. The Kier molecular flexibility index (Phi) is 4.76. The number of thiophene rings is 1. The van der Waals surface area contributed by atoms with E-state index in [1.54, 1.807) is 23.7 Å². The normalized spacial score (nSPS) is 13.0. The molecule has 1 aliphatic rings. The number of amides is 1. The Hall–Kier alpha value is -3.85. The molecule has 8 nitrogen and oxygen atoms in total. The molecule has 9 heteroatoms. The van der Waals surface area contributed by atoms with Gasteiger partial charge in [0.1, 0.15) is 11.4 Å². The fourth-order valence-electron chi connectivity index (χ4n) is 4.37. The molecular formula is C24H20N6O2S. The van der Waals surface area contributed by atoms with Gasteiger partial charge in [0.25, 0.3) is 0 Å². The van der Waals surface area contributed by atoms with Crippen LogP contribution in [0, 0.1) is 0 Å². The van der Waals surface area contributed by atoms with Crippen LogP contribution in [0.15, 0.2) is 59.7 Å². The quantitative estimate of drug-likeness (QED) is 0.439. The number of fused-ring (bicyclic) bond motifs is 5. The van der Waals surface area contributed by atoms with Crippen LogP contribution in [0.4, 0.5) is 0 Å². The summed E-state index contributed by atoms with van der Waals surface area (Å²) in [5.41, 5.74) is 3.16. The zero-order chi connectivity index (χ0) is 22.4. The Morgan fingerprint density at radius 1 is 1.12 bits per heavy atom. The molecule has 0 fully saturated rings. The summed E-state index contributed by atoms with van der Waals surface area (Å²) in [6.45, 7) is 0.342. The minimum atomic E-state index is -0.366. The third-order valence-electron chi connectivity index (χ3n) is 5.94. The van der Waals surface area contributed by atoms with E-state index in [0.717, 1.165) is 40.6 Å². The Bertz CT molecular complexity index is 1550. The van der Waals surface area contributed by atoms with Gasteiger partial charge in [-0.05, 0) is 42.5 Å². The fraction of sp³-hybridized carbons (Fsp3) is 0.208. The van der Waals surface area contributed by atoms with Crippen molar-refractivity contribution in [1.29, 1.82) is 0 Å². The molecule has 33 heavy (non-hydrogen) atoms. The molecule has 4 heterocycles. The Labute approximate surface area is 192 Å². The van der Waals surface area contributed by atoms with Crippen LogP contribution in [0.2, 0.25) is 0 Å². The van der Waals surface area contributed by atoms with E-state index in [0.29, 0.717) is 18.0 Å². The van der Waals surface area contributed by atoms with E-state index in [1.165, 1.54) is 19.5 Å². The molecule has 5 aromatic rings. The van der Waals surface area contributed by atoms with Crippen molar-refractivity contribution in [1.82, 2.24) is 29.5 Å². The number of pyridine rings is 1. The predicted molar refractivity (Wildman–Crippen MR) is 126 cm³/mol. The first-order valence-electron chi connectivity index (χ1n) is 10.8. The molecule has 0 spiro atoms. The van der Waals surface area contributed by atoms with Crippen molar-refractivity contribution in [3.8, 4) is 11.4 Å². The molecule has 1 amide bonds. The van der Waals surface area contributed by atoms with Crippen molar-refractivity contribution in [3.63, 3.8) is 0 Å². The van der Waals surface area contributed by atoms with Crippen LogP contribution in [0.1, 0.15) is 22.4 Å². The number of aryl methyl sites for hydroxylation is 2. The van der Waals surface area contributed by atoms with E-state index >= 15 is 0 Å². The molecule has 0 saturated heterocycles. The highest BCUT2D eigenvalue weighted by Crippen LogP contribution is 2.38. The Balaban J connectivity index is 1.45. The average Bonchev–Trinajstić information content (AvgIpc) is 3.56. The van der Waals surface area contributed by atoms with Crippen LogP contribution in [0.25, 0.3) is 27.3 Å². The molecule has 0 bridgehead atoms. The Morgan fingerprint density at radius 3 is 2.82 bits per heavy atom. The van der Waals surface area contributed by atoms with Gasteiger partial charge in [-0.2, -0.15) is 4.52 Å². The van der Waals surface area contributed by atoms with E-state index in [4.69, 9.17) is 4.98 Å². The summed E-state index contributed by atoms with van der Waals surface area (Å²) in [4.78, 5) is 37.2. The van der Waals surface area contributed by atoms with Crippen LogP contribution in [-0.2, 0) is 30.7 Å². The predicted octanol–water partition coefficient (Wildman–Crippen LogP) is 2.97. The summed E-state index contributed by atoms with van der Waals surface area (Å²) in [7, 11) is 0. The van der Waals surface area contributed by atoms with E-state index in [1.807, 2.05) is 42.5 Å². The third-order valence-corrected chi connectivity index (χ3v) is 7.26. The number of nitrogens with one attached hydrogen (secondary N) is 1. The van der Waals surface area contributed by atoms with E-state index < -0.39 is 0 Å². The maximum Gasteiger partial charge on any atom is 0.352 e. The third kappa shape index (κ3) is 3.41. The van der Waals surface area contributed by atoms with Crippen molar-refractivity contribution in [2.75, 3.05) is 0 Å². The topological polar surface area (TPSA) is 94.2 Å². The largest absolute Gasteiger partial charge is 0.352 e. The van der Waals surface area contributed by atoms with Crippen molar-refractivity contribution >= 4 is 33.1 Å². The number of benzene rings is 1. The van der Waals surface area contributed by atoms with Crippen molar-refractivity contribution in [3.05, 3.63) is 81.3 Å². The maximum absolute atomic E-state index is 13.5. The molecule has 0 aliphatic heterocycles. The number of rotatable bonds is 5. The second-order valence-corrected chi connectivity index (χ2v) is 9.16. The molecule has 1 N–H and O–H groups in total. The zero-order valence-corrected chi connectivity index (χ0v) is 18.5. The van der Waals surface area contributed by atoms with Gasteiger partial charge in [0.05, 0.1) is 5.39 Å². The lowest BCUT2D eigenvalue weighted by atomic mass is 10.2. The number of hydrogen-bond donors (Lipinski definition) is 1. The molecular weight excluding hydrogens is 436 g/mol. The number of nitrogens with zero attached hydrogens (tertiary/aromatic N) is 5. The highest BCUT2D eigenvalue weighted by atomic mass is 32.1. The van der Waals surface area contributed by atoms with Crippen molar-refractivity contribution in [2.45, 2.75) is 32.4 Å². The minimum Gasteiger partial charge on any atom is -0.350 e. The first kappa shape index (κ1) is 19.8. The van der Waals surface area contributed by atoms with Gasteiger partial charge in [-0.1, -0.05) is 30.3 Å². The fourth-order valence-corrected chi connectivity index (χ4v) is 5.75. The number of carbonyl (C=O) groups excluding carboxylic acids is 1. The van der Waals surface area contributed by atoms with Gasteiger partial charge in [-0.15, -0.1) is 16.4 Å². The monoisotopic (exact) mass is 456 g/mol. The molecule has 0 atom stereocenters. The van der Waals surface area contributed by atoms with Crippen LogP contribution in [0.3, 0.4) is 0 Å². The summed E-state index contributed by atoms with van der Waals surface area (Å²) >= 11 is 1.59. The lowest BCUT2D eigenvalue weighted by Crippen LogP contribution is -2.34. The molecule has 164 valence electrons. The first-order chi connectivity index (χ1) is 16.2. The molecule has 0 saturated carbocycles.